The van der Waals surface area contributed by atoms with Crippen molar-refractivity contribution in [2.45, 2.75) is 55.4 Å². The van der Waals surface area contributed by atoms with Gasteiger partial charge in [-0.15, -0.1) is 5.10 Å². The van der Waals surface area contributed by atoms with E-state index in [2.05, 4.69) is 52.4 Å². The molecule has 0 aliphatic heterocycles. The fraction of sp³-hybridized carbons (Fsp3) is 0.471. The minimum Gasteiger partial charge on any atom is -0.262 e. The van der Waals surface area contributed by atoms with Crippen LogP contribution in [0.3, 0.4) is 0 Å². The standard InChI is InChI=1S/C17H20N4S/c1-12-6-8-13(9-7-12)10-15(11-18)22-17-19-16(20-21-17)14-4-2-3-5-14/h6-9,14-15H,2-5,10H2,1H3,(H,19,20,21)/t15-/m1/s1. The minimum atomic E-state index is -0.157. The SMILES string of the molecule is Cc1ccc(C[C@H](C#N)Sc2n[nH]c(C3CCCC3)n2)cc1. The Morgan fingerprint density at radius 2 is 2.05 bits per heavy atom. The second kappa shape index (κ2) is 6.97. The summed E-state index contributed by atoms with van der Waals surface area (Å²) in [5.41, 5.74) is 2.41. The lowest BCUT2D eigenvalue weighted by Crippen LogP contribution is -2.04. The summed E-state index contributed by atoms with van der Waals surface area (Å²) in [6.07, 6.45) is 5.67. The first kappa shape index (κ1) is 15.1. The topological polar surface area (TPSA) is 65.4 Å². The highest BCUT2D eigenvalue weighted by Gasteiger charge is 2.21. The largest absolute Gasteiger partial charge is 0.262 e. The van der Waals surface area contributed by atoms with Crippen LogP contribution < -0.4 is 0 Å². The first-order valence-electron chi connectivity index (χ1n) is 7.78. The first-order valence-corrected chi connectivity index (χ1v) is 8.66. The van der Waals surface area contributed by atoms with Gasteiger partial charge in [0.05, 0.1) is 6.07 Å². The van der Waals surface area contributed by atoms with Gasteiger partial charge < -0.3 is 0 Å². The maximum atomic E-state index is 9.38. The van der Waals surface area contributed by atoms with E-state index in [0.29, 0.717) is 11.1 Å². The molecule has 2 aromatic rings. The van der Waals surface area contributed by atoms with E-state index in [0.717, 1.165) is 12.2 Å². The smallest absolute Gasteiger partial charge is 0.209 e. The van der Waals surface area contributed by atoms with E-state index in [4.69, 9.17) is 0 Å². The fourth-order valence-electron chi connectivity index (χ4n) is 2.87. The van der Waals surface area contributed by atoms with Crippen molar-refractivity contribution in [1.82, 2.24) is 15.2 Å². The van der Waals surface area contributed by atoms with Gasteiger partial charge in [-0.05, 0) is 31.7 Å². The first-order chi connectivity index (χ1) is 10.7. The van der Waals surface area contributed by atoms with Crippen LogP contribution in [0.1, 0.15) is 48.6 Å². The van der Waals surface area contributed by atoms with Crippen molar-refractivity contribution < 1.29 is 0 Å². The molecule has 0 bridgehead atoms. The Balaban J connectivity index is 1.62. The fourth-order valence-corrected chi connectivity index (χ4v) is 3.70. The van der Waals surface area contributed by atoms with E-state index in [1.54, 1.807) is 0 Å². The van der Waals surface area contributed by atoms with Gasteiger partial charge in [-0.2, -0.15) is 5.26 Å². The van der Waals surface area contributed by atoms with Crippen molar-refractivity contribution in [2.24, 2.45) is 0 Å². The summed E-state index contributed by atoms with van der Waals surface area (Å²) in [6, 6.07) is 10.7. The minimum absolute atomic E-state index is 0.157. The van der Waals surface area contributed by atoms with Gasteiger partial charge in [0.15, 0.2) is 0 Å². The summed E-state index contributed by atoms with van der Waals surface area (Å²) in [5.74, 6) is 1.52. The molecule has 3 rings (SSSR count). The van der Waals surface area contributed by atoms with Crippen LogP contribution in [-0.2, 0) is 6.42 Å². The summed E-state index contributed by atoms with van der Waals surface area (Å²) in [4.78, 5) is 4.58. The quantitative estimate of drug-likeness (QED) is 0.848. The molecule has 1 fully saturated rings. The van der Waals surface area contributed by atoms with Gasteiger partial charge >= 0.3 is 0 Å². The molecule has 0 spiro atoms. The van der Waals surface area contributed by atoms with Gasteiger partial charge in [0.25, 0.3) is 0 Å². The monoisotopic (exact) mass is 312 g/mol. The zero-order valence-electron chi connectivity index (χ0n) is 12.7. The lowest BCUT2D eigenvalue weighted by molar-refractivity contribution is 0.671. The van der Waals surface area contributed by atoms with E-state index >= 15 is 0 Å². The number of aromatic amines is 1. The van der Waals surface area contributed by atoms with Crippen LogP contribution in [0.2, 0.25) is 0 Å². The molecule has 1 heterocycles. The van der Waals surface area contributed by atoms with Gasteiger partial charge in [-0.1, -0.05) is 54.4 Å². The molecule has 1 aliphatic carbocycles. The van der Waals surface area contributed by atoms with E-state index < -0.39 is 0 Å². The maximum Gasteiger partial charge on any atom is 0.209 e. The van der Waals surface area contributed by atoms with Crippen LogP contribution in [-0.4, -0.2) is 20.4 Å². The Morgan fingerprint density at radius 3 is 2.73 bits per heavy atom. The third-order valence-corrected chi connectivity index (χ3v) is 5.11. The molecule has 114 valence electrons. The second-order valence-corrected chi connectivity index (χ2v) is 7.08. The van der Waals surface area contributed by atoms with Crippen LogP contribution in [0.15, 0.2) is 29.4 Å². The lowest BCUT2D eigenvalue weighted by atomic mass is 10.1. The van der Waals surface area contributed by atoms with Gasteiger partial charge in [0.1, 0.15) is 11.1 Å². The van der Waals surface area contributed by atoms with Crippen LogP contribution >= 0.6 is 11.8 Å². The Hall–Kier alpha value is -1.80. The highest BCUT2D eigenvalue weighted by Crippen LogP contribution is 2.33. The molecule has 22 heavy (non-hydrogen) atoms. The average molecular weight is 312 g/mol. The second-order valence-electron chi connectivity index (χ2n) is 5.91. The molecule has 1 saturated carbocycles. The molecule has 0 unspecified atom stereocenters. The number of aromatic nitrogens is 3. The molecular formula is C17H20N4S. The molecule has 4 nitrogen and oxygen atoms in total. The Bertz CT molecular complexity index is 650. The summed E-state index contributed by atoms with van der Waals surface area (Å²) in [7, 11) is 0. The Kier molecular flexibility index (Phi) is 4.79. The van der Waals surface area contributed by atoms with Crippen LogP contribution in [0.25, 0.3) is 0 Å². The normalized spacial score (nSPS) is 16.5. The molecule has 1 N–H and O–H groups in total. The van der Waals surface area contributed by atoms with E-state index in [9.17, 15) is 5.26 Å². The molecule has 0 radical (unpaired) electrons. The molecule has 0 amide bonds. The summed E-state index contributed by atoms with van der Waals surface area (Å²) in [5, 5.41) is 17.3. The van der Waals surface area contributed by atoms with Crippen molar-refractivity contribution in [2.75, 3.05) is 0 Å². The van der Waals surface area contributed by atoms with Gasteiger partial charge in [-0.25, -0.2) is 4.98 Å². The number of rotatable bonds is 5. The number of benzene rings is 1. The summed E-state index contributed by atoms with van der Waals surface area (Å²) >= 11 is 1.45. The lowest BCUT2D eigenvalue weighted by Gasteiger charge is -2.06. The highest BCUT2D eigenvalue weighted by molar-refractivity contribution is 8.00. The van der Waals surface area contributed by atoms with Crippen molar-refractivity contribution in [1.29, 1.82) is 5.26 Å². The molecule has 0 saturated heterocycles. The third-order valence-electron chi connectivity index (χ3n) is 4.16. The molecule has 1 aromatic carbocycles. The maximum absolute atomic E-state index is 9.38. The number of hydrogen-bond acceptors (Lipinski definition) is 4. The van der Waals surface area contributed by atoms with E-state index in [1.165, 1.54) is 48.6 Å². The Labute approximate surface area is 135 Å². The van der Waals surface area contributed by atoms with Crippen LogP contribution in [0.4, 0.5) is 0 Å². The van der Waals surface area contributed by atoms with Gasteiger partial charge in [0, 0.05) is 5.92 Å². The van der Waals surface area contributed by atoms with Gasteiger partial charge in [0.2, 0.25) is 5.16 Å². The molecule has 1 aromatic heterocycles. The zero-order chi connectivity index (χ0) is 15.4. The summed E-state index contributed by atoms with van der Waals surface area (Å²) < 4.78 is 0. The average Bonchev–Trinajstić information content (AvgIpc) is 3.19. The van der Waals surface area contributed by atoms with Gasteiger partial charge in [-0.3, -0.25) is 5.10 Å². The number of nitrogens with zero attached hydrogens (tertiary/aromatic N) is 3. The number of hydrogen-bond donors (Lipinski definition) is 1. The van der Waals surface area contributed by atoms with Crippen molar-refractivity contribution >= 4 is 11.8 Å². The summed E-state index contributed by atoms with van der Waals surface area (Å²) in [6.45, 7) is 2.07. The molecule has 1 aliphatic rings. The van der Waals surface area contributed by atoms with E-state index in [-0.39, 0.29) is 5.25 Å². The third kappa shape index (κ3) is 3.69. The van der Waals surface area contributed by atoms with Crippen molar-refractivity contribution in [3.8, 4) is 6.07 Å². The predicted molar refractivity (Wildman–Crippen MR) is 87.7 cm³/mol. The number of nitriles is 1. The molecule has 1 atom stereocenters. The van der Waals surface area contributed by atoms with E-state index in [1.807, 2.05) is 0 Å². The number of nitrogens with one attached hydrogen (secondary N) is 1. The number of thioether (sulfide) groups is 1. The molecular weight excluding hydrogens is 292 g/mol. The zero-order valence-corrected chi connectivity index (χ0v) is 13.6. The molecule has 5 heteroatoms. The number of aryl methyl sites for hydroxylation is 1. The van der Waals surface area contributed by atoms with Crippen LogP contribution in [0, 0.1) is 18.3 Å². The van der Waals surface area contributed by atoms with Crippen molar-refractivity contribution in [3.05, 3.63) is 41.2 Å². The predicted octanol–water partition coefficient (Wildman–Crippen LogP) is 4.00. The van der Waals surface area contributed by atoms with Crippen LogP contribution in [0.5, 0.6) is 0 Å². The highest BCUT2D eigenvalue weighted by atomic mass is 32.2. The van der Waals surface area contributed by atoms with Crippen molar-refractivity contribution in [3.63, 3.8) is 0 Å². The Morgan fingerprint density at radius 1 is 1.32 bits per heavy atom. The number of H-pyrrole nitrogens is 1.